The highest BCUT2D eigenvalue weighted by Gasteiger charge is 2.56. The molecular formula is C22H33ClN2. The molecule has 0 saturated heterocycles. The zero-order valence-electron chi connectivity index (χ0n) is 15.7. The van der Waals surface area contributed by atoms with Crippen LogP contribution in [0.15, 0.2) is 24.5 Å². The van der Waals surface area contributed by atoms with Gasteiger partial charge in [-0.2, -0.15) is 4.57 Å². The molecule has 5 saturated carbocycles. The van der Waals surface area contributed by atoms with E-state index in [-0.39, 0.29) is 12.4 Å². The number of hydrogen-bond donors (Lipinski definition) is 0. The first-order valence-electron chi connectivity index (χ1n) is 10.5. The second-order valence-corrected chi connectivity index (χ2v) is 9.51. The molecule has 138 valence electrons. The Hall–Kier alpha value is -0.760. The number of anilines is 1. The Bertz CT molecular complexity index is 555. The van der Waals surface area contributed by atoms with Crippen molar-refractivity contribution >= 4 is 5.69 Å². The van der Waals surface area contributed by atoms with E-state index in [4.69, 9.17) is 0 Å². The van der Waals surface area contributed by atoms with E-state index in [0.29, 0.717) is 5.54 Å². The van der Waals surface area contributed by atoms with E-state index in [1.165, 1.54) is 76.3 Å². The molecule has 5 aliphatic carbocycles. The summed E-state index contributed by atoms with van der Waals surface area (Å²) in [7, 11) is 2.31. The van der Waals surface area contributed by atoms with Crippen LogP contribution in [0.25, 0.3) is 0 Å². The quantitative estimate of drug-likeness (QED) is 0.744. The van der Waals surface area contributed by atoms with Crippen LogP contribution in [0.1, 0.15) is 70.6 Å². The van der Waals surface area contributed by atoms with Gasteiger partial charge in [0.2, 0.25) is 0 Å². The van der Waals surface area contributed by atoms with Crippen molar-refractivity contribution in [2.24, 2.45) is 17.8 Å². The highest BCUT2D eigenvalue weighted by Crippen LogP contribution is 2.56. The van der Waals surface area contributed by atoms with Crippen LogP contribution in [0.2, 0.25) is 0 Å². The molecule has 0 spiro atoms. The molecule has 3 heteroatoms. The van der Waals surface area contributed by atoms with Gasteiger partial charge < -0.3 is 17.3 Å². The van der Waals surface area contributed by atoms with Crippen molar-refractivity contribution < 1.29 is 17.0 Å². The lowest BCUT2D eigenvalue weighted by Gasteiger charge is -2.53. The van der Waals surface area contributed by atoms with Crippen molar-refractivity contribution in [1.82, 2.24) is 0 Å². The van der Waals surface area contributed by atoms with Crippen molar-refractivity contribution in [2.75, 3.05) is 11.9 Å². The van der Waals surface area contributed by atoms with Gasteiger partial charge in [0.1, 0.15) is 0 Å². The van der Waals surface area contributed by atoms with Gasteiger partial charge in [-0.3, -0.25) is 0 Å². The molecule has 6 rings (SSSR count). The molecule has 0 unspecified atom stereocenters. The van der Waals surface area contributed by atoms with Gasteiger partial charge in [-0.1, -0.05) is 19.3 Å². The van der Waals surface area contributed by atoms with Gasteiger partial charge in [-0.25, -0.2) is 0 Å². The Morgan fingerprint density at radius 1 is 0.880 bits per heavy atom. The Kier molecular flexibility index (Phi) is 4.77. The third-order valence-electron chi connectivity index (χ3n) is 7.90. The topological polar surface area (TPSA) is 7.12 Å². The SMILES string of the molecule is CN(c1cc[n+](C23CC4CC(CC(C4)C2)C3)cc1)C1CCCCC1.[Cl-]. The van der Waals surface area contributed by atoms with Gasteiger partial charge in [0, 0.05) is 50.2 Å². The molecule has 4 bridgehead atoms. The summed E-state index contributed by atoms with van der Waals surface area (Å²) < 4.78 is 2.62. The molecule has 1 aromatic rings. The minimum absolute atomic E-state index is 0. The second kappa shape index (κ2) is 6.76. The van der Waals surface area contributed by atoms with Gasteiger partial charge in [0.25, 0.3) is 0 Å². The van der Waals surface area contributed by atoms with Gasteiger partial charge >= 0.3 is 0 Å². The summed E-state index contributed by atoms with van der Waals surface area (Å²) in [5.41, 5.74) is 1.89. The maximum atomic E-state index is 2.62. The number of rotatable bonds is 3. The molecule has 1 heterocycles. The van der Waals surface area contributed by atoms with Crippen LogP contribution in [0.3, 0.4) is 0 Å². The molecule has 0 atom stereocenters. The van der Waals surface area contributed by atoms with Crippen LogP contribution >= 0.6 is 0 Å². The average Bonchev–Trinajstić information content (AvgIpc) is 2.61. The van der Waals surface area contributed by atoms with Crippen molar-refractivity contribution in [3.63, 3.8) is 0 Å². The fraction of sp³-hybridized carbons (Fsp3) is 0.773. The van der Waals surface area contributed by atoms with Crippen LogP contribution in [-0.2, 0) is 5.54 Å². The fourth-order valence-corrected chi connectivity index (χ4v) is 7.03. The third-order valence-corrected chi connectivity index (χ3v) is 7.90. The highest BCUT2D eigenvalue weighted by atomic mass is 35.5. The summed E-state index contributed by atoms with van der Waals surface area (Å²) in [5.74, 6) is 3.06. The van der Waals surface area contributed by atoms with E-state index < -0.39 is 0 Å². The molecule has 0 N–H and O–H groups in total. The fourth-order valence-electron chi connectivity index (χ4n) is 7.03. The zero-order chi connectivity index (χ0) is 16.1. The maximum Gasteiger partial charge on any atom is 0.171 e. The minimum atomic E-state index is 0. The standard InChI is InChI=1S/C22H33N2.ClH/c1-23(20-5-3-2-4-6-20)21-7-9-24(10-8-21)22-14-17-11-18(15-22)13-19(12-17)16-22;/h7-10,17-20H,2-6,11-16H2,1H3;1H/q+1;/p-1. The van der Waals surface area contributed by atoms with Crippen molar-refractivity contribution in [1.29, 1.82) is 0 Å². The number of halogens is 1. The van der Waals surface area contributed by atoms with Crippen molar-refractivity contribution in [3.8, 4) is 0 Å². The van der Waals surface area contributed by atoms with Gasteiger partial charge in [0.05, 0.1) is 0 Å². The molecule has 0 radical (unpaired) electrons. The lowest BCUT2D eigenvalue weighted by molar-refractivity contribution is -0.776. The van der Waals surface area contributed by atoms with E-state index in [1.54, 1.807) is 0 Å². The van der Waals surface area contributed by atoms with E-state index in [0.717, 1.165) is 23.8 Å². The number of hydrogen-bond acceptors (Lipinski definition) is 1. The summed E-state index contributed by atoms with van der Waals surface area (Å²) in [6, 6.07) is 5.55. The zero-order valence-corrected chi connectivity index (χ0v) is 16.4. The molecule has 1 aromatic heterocycles. The largest absolute Gasteiger partial charge is 1.00 e. The molecule has 0 amide bonds. The number of nitrogens with zero attached hydrogens (tertiary/aromatic N) is 2. The Morgan fingerprint density at radius 3 is 1.92 bits per heavy atom. The predicted octanol–water partition coefficient (Wildman–Crippen LogP) is 1.67. The van der Waals surface area contributed by atoms with Crippen LogP contribution in [0.5, 0.6) is 0 Å². The summed E-state index contributed by atoms with van der Waals surface area (Å²) >= 11 is 0. The lowest BCUT2D eigenvalue weighted by atomic mass is 9.53. The summed E-state index contributed by atoms with van der Waals surface area (Å²) in [5, 5.41) is 0. The van der Waals surface area contributed by atoms with Gasteiger partial charge in [-0.15, -0.1) is 0 Å². The molecular weight excluding hydrogens is 328 g/mol. The van der Waals surface area contributed by atoms with Crippen LogP contribution < -0.4 is 21.9 Å². The van der Waals surface area contributed by atoms with Crippen LogP contribution in [0, 0.1) is 17.8 Å². The minimum Gasteiger partial charge on any atom is -1.00 e. The van der Waals surface area contributed by atoms with E-state index in [2.05, 4.69) is 41.0 Å². The highest BCUT2D eigenvalue weighted by molar-refractivity contribution is 5.44. The van der Waals surface area contributed by atoms with Gasteiger partial charge in [-0.05, 0) is 49.9 Å². The Balaban J connectivity index is 0.00000157. The van der Waals surface area contributed by atoms with Crippen molar-refractivity contribution in [3.05, 3.63) is 24.5 Å². The Labute approximate surface area is 159 Å². The smallest absolute Gasteiger partial charge is 0.171 e. The molecule has 5 aliphatic rings. The lowest BCUT2D eigenvalue weighted by Crippen LogP contribution is -3.00. The monoisotopic (exact) mass is 360 g/mol. The van der Waals surface area contributed by atoms with Crippen molar-refractivity contribution in [2.45, 2.75) is 82.2 Å². The van der Waals surface area contributed by atoms with E-state index >= 15 is 0 Å². The van der Waals surface area contributed by atoms with E-state index in [9.17, 15) is 0 Å². The summed E-state index contributed by atoms with van der Waals surface area (Å²) in [4.78, 5) is 2.54. The number of aromatic nitrogens is 1. The first-order valence-corrected chi connectivity index (χ1v) is 10.5. The Morgan fingerprint density at radius 2 is 1.40 bits per heavy atom. The summed E-state index contributed by atoms with van der Waals surface area (Å²) in [6.07, 6.45) is 20.8. The van der Waals surface area contributed by atoms with Crippen LogP contribution in [-0.4, -0.2) is 13.1 Å². The normalized spacial score (nSPS) is 36.9. The second-order valence-electron chi connectivity index (χ2n) is 9.51. The molecule has 25 heavy (non-hydrogen) atoms. The average molecular weight is 361 g/mol. The predicted molar refractivity (Wildman–Crippen MR) is 98.1 cm³/mol. The molecule has 5 fully saturated rings. The number of pyridine rings is 1. The van der Waals surface area contributed by atoms with Crippen LogP contribution in [0.4, 0.5) is 5.69 Å². The molecule has 0 aliphatic heterocycles. The van der Waals surface area contributed by atoms with E-state index in [1.807, 2.05) is 0 Å². The summed E-state index contributed by atoms with van der Waals surface area (Å²) in [6.45, 7) is 0. The molecule has 0 aromatic carbocycles. The van der Waals surface area contributed by atoms with Gasteiger partial charge in [0.15, 0.2) is 17.9 Å². The molecule has 2 nitrogen and oxygen atoms in total. The maximum absolute atomic E-state index is 2.62. The first-order chi connectivity index (χ1) is 11.7. The first kappa shape index (κ1) is 17.6. The third kappa shape index (κ3) is 3.09.